The van der Waals surface area contributed by atoms with Crippen molar-refractivity contribution in [3.8, 4) is 5.75 Å². The number of aromatic nitrogens is 1. The normalized spacial score (nSPS) is 17.4. The van der Waals surface area contributed by atoms with E-state index in [9.17, 15) is 14.9 Å². The van der Waals surface area contributed by atoms with Crippen molar-refractivity contribution < 1.29 is 14.5 Å². The molecule has 0 saturated heterocycles. The van der Waals surface area contributed by atoms with Crippen molar-refractivity contribution in [1.29, 1.82) is 0 Å². The van der Waals surface area contributed by atoms with Crippen LogP contribution in [-0.4, -0.2) is 32.9 Å². The van der Waals surface area contributed by atoms with Crippen LogP contribution in [0, 0.1) is 16.0 Å². The van der Waals surface area contributed by atoms with Gasteiger partial charge < -0.3 is 20.6 Å². The summed E-state index contributed by atoms with van der Waals surface area (Å²) in [5.74, 6) is -0.548. The number of pyridine rings is 1. The summed E-state index contributed by atoms with van der Waals surface area (Å²) in [4.78, 5) is 28.3. The van der Waals surface area contributed by atoms with Crippen molar-refractivity contribution in [1.82, 2.24) is 4.98 Å². The van der Waals surface area contributed by atoms with Crippen LogP contribution in [0.2, 0.25) is 0 Å². The molecule has 1 amide bonds. The number of anilines is 1. The maximum atomic E-state index is 12.6. The smallest absolute Gasteiger partial charge is 0.366 e. The van der Waals surface area contributed by atoms with Gasteiger partial charge in [0.2, 0.25) is 0 Å². The zero-order valence-corrected chi connectivity index (χ0v) is 13.2. The molecule has 0 radical (unpaired) electrons. The molecule has 0 bridgehead atoms. The fourth-order valence-corrected chi connectivity index (χ4v) is 2.15. The Labute approximate surface area is 132 Å². The van der Waals surface area contributed by atoms with E-state index in [2.05, 4.69) is 4.98 Å². The maximum Gasteiger partial charge on any atom is 0.366 e. The highest BCUT2D eigenvalue weighted by Crippen LogP contribution is 2.37. The molecule has 118 valence electrons. The molecule has 22 heavy (non-hydrogen) atoms. The summed E-state index contributed by atoms with van der Waals surface area (Å²) in [5, 5.41) is 10.9. The van der Waals surface area contributed by atoms with E-state index >= 15 is 0 Å². The molecule has 1 unspecified atom stereocenters. The number of carbonyl (C=O) groups is 1. The van der Waals surface area contributed by atoms with Gasteiger partial charge in [-0.1, -0.05) is 19.1 Å². The molecule has 2 N–H and O–H groups in total. The standard InChI is InChI=1S/C13H16N4O4S/c1-7(10(14)22)6-16-11-8(21-13(2,3)12(16)18)4-5-9(15-11)17(19)20/h4-5,7H,6H2,1-3H3,(H2,14,22). The maximum absolute atomic E-state index is 12.6. The number of hydrogen-bond acceptors (Lipinski definition) is 6. The number of nitrogens with two attached hydrogens (primary N) is 1. The van der Waals surface area contributed by atoms with Gasteiger partial charge in [0.05, 0.1) is 4.99 Å². The molecule has 2 rings (SSSR count). The van der Waals surface area contributed by atoms with Crippen molar-refractivity contribution >= 4 is 34.7 Å². The Morgan fingerprint density at radius 3 is 2.77 bits per heavy atom. The summed E-state index contributed by atoms with van der Waals surface area (Å²) in [6, 6.07) is 2.67. The van der Waals surface area contributed by atoms with Gasteiger partial charge in [0, 0.05) is 18.5 Å². The van der Waals surface area contributed by atoms with Crippen molar-refractivity contribution in [2.75, 3.05) is 11.4 Å². The molecule has 9 heteroatoms. The monoisotopic (exact) mass is 324 g/mol. The Morgan fingerprint density at radius 1 is 1.59 bits per heavy atom. The van der Waals surface area contributed by atoms with E-state index in [-0.39, 0.29) is 35.0 Å². The molecule has 1 aliphatic rings. The minimum Gasteiger partial charge on any atom is -0.472 e. The first-order chi connectivity index (χ1) is 10.1. The van der Waals surface area contributed by atoms with Crippen molar-refractivity contribution in [2.24, 2.45) is 11.7 Å². The molecule has 1 atom stereocenters. The number of ether oxygens (including phenoxy) is 1. The number of fused-ring (bicyclic) bond motifs is 1. The van der Waals surface area contributed by atoms with Gasteiger partial charge in [0.1, 0.15) is 0 Å². The Hall–Kier alpha value is -2.29. The van der Waals surface area contributed by atoms with E-state index in [0.29, 0.717) is 5.75 Å². The lowest BCUT2D eigenvalue weighted by Gasteiger charge is -2.36. The highest BCUT2D eigenvalue weighted by atomic mass is 32.1. The predicted molar refractivity (Wildman–Crippen MR) is 83.9 cm³/mol. The number of nitro groups is 1. The van der Waals surface area contributed by atoms with Crippen molar-refractivity contribution in [3.05, 3.63) is 22.2 Å². The van der Waals surface area contributed by atoms with Gasteiger partial charge in [-0.25, -0.2) is 0 Å². The lowest BCUT2D eigenvalue weighted by molar-refractivity contribution is -0.389. The summed E-state index contributed by atoms with van der Waals surface area (Å²) < 4.78 is 5.60. The van der Waals surface area contributed by atoms with E-state index in [0.717, 1.165) is 0 Å². The molecule has 1 aromatic heterocycles. The van der Waals surface area contributed by atoms with Crippen LogP contribution in [0.3, 0.4) is 0 Å². The molecule has 0 fully saturated rings. The van der Waals surface area contributed by atoms with Crippen LogP contribution in [0.4, 0.5) is 11.6 Å². The summed E-state index contributed by atoms with van der Waals surface area (Å²) in [7, 11) is 0. The molecule has 1 aliphatic heterocycles. The fraction of sp³-hybridized carbons (Fsp3) is 0.462. The molecule has 0 saturated carbocycles. The highest BCUT2D eigenvalue weighted by Gasteiger charge is 2.44. The first kappa shape index (κ1) is 16.1. The number of carbonyl (C=O) groups excluding carboxylic acids is 1. The molecule has 8 nitrogen and oxygen atoms in total. The summed E-state index contributed by atoms with van der Waals surface area (Å²) in [5.41, 5.74) is 4.50. The van der Waals surface area contributed by atoms with Gasteiger partial charge >= 0.3 is 5.82 Å². The zero-order chi connectivity index (χ0) is 16.7. The topological polar surface area (TPSA) is 112 Å². The van der Waals surface area contributed by atoms with Gasteiger partial charge in [-0.3, -0.25) is 9.69 Å². The summed E-state index contributed by atoms with van der Waals surface area (Å²) in [6.07, 6.45) is 0. The van der Waals surface area contributed by atoms with E-state index in [4.69, 9.17) is 22.7 Å². The average molecular weight is 324 g/mol. The van der Waals surface area contributed by atoms with Crippen LogP contribution in [-0.2, 0) is 4.79 Å². The van der Waals surface area contributed by atoms with E-state index in [1.165, 1.54) is 17.0 Å². The van der Waals surface area contributed by atoms with Crippen molar-refractivity contribution in [3.63, 3.8) is 0 Å². The SMILES string of the molecule is CC(CN1C(=O)C(C)(C)Oc2ccc([N+](=O)[O-])nc21)C(N)=S. The van der Waals surface area contributed by atoms with Gasteiger partial charge in [0.15, 0.2) is 11.4 Å². The van der Waals surface area contributed by atoms with Gasteiger partial charge in [-0.2, -0.15) is 0 Å². The van der Waals surface area contributed by atoms with Gasteiger partial charge in [-0.05, 0) is 29.8 Å². The Morgan fingerprint density at radius 2 is 2.23 bits per heavy atom. The molecule has 0 aliphatic carbocycles. The average Bonchev–Trinajstić information content (AvgIpc) is 2.42. The number of hydrogen-bond donors (Lipinski definition) is 1. The first-order valence-corrected chi connectivity index (χ1v) is 7.00. The summed E-state index contributed by atoms with van der Waals surface area (Å²) in [6.45, 7) is 5.20. The number of amides is 1. The van der Waals surface area contributed by atoms with Gasteiger partial charge in [-0.15, -0.1) is 0 Å². The number of nitrogens with zero attached hydrogens (tertiary/aromatic N) is 3. The largest absolute Gasteiger partial charge is 0.472 e. The molecular formula is C13H16N4O4S. The van der Waals surface area contributed by atoms with Crippen LogP contribution in [0.15, 0.2) is 12.1 Å². The Bertz CT molecular complexity index is 661. The Kier molecular flexibility index (Phi) is 4.01. The van der Waals surface area contributed by atoms with Crippen LogP contribution in [0.25, 0.3) is 0 Å². The second kappa shape index (κ2) is 5.48. The fourth-order valence-electron chi connectivity index (χ4n) is 2.07. The Balaban J connectivity index is 2.51. The van der Waals surface area contributed by atoms with E-state index < -0.39 is 10.5 Å². The third kappa shape index (κ3) is 2.84. The number of thiocarbonyl (C=S) groups is 1. The predicted octanol–water partition coefficient (Wildman–Crippen LogP) is 1.42. The second-order valence-electron chi connectivity index (χ2n) is 5.58. The van der Waals surface area contributed by atoms with Crippen LogP contribution >= 0.6 is 12.2 Å². The third-order valence-electron chi connectivity index (χ3n) is 3.33. The quantitative estimate of drug-likeness (QED) is 0.506. The molecular weight excluding hydrogens is 308 g/mol. The van der Waals surface area contributed by atoms with Gasteiger partial charge in [0.25, 0.3) is 11.7 Å². The molecule has 2 heterocycles. The lowest BCUT2D eigenvalue weighted by atomic mass is 10.0. The number of rotatable bonds is 4. The molecule has 0 aromatic carbocycles. The minimum absolute atomic E-state index is 0.113. The third-order valence-corrected chi connectivity index (χ3v) is 3.74. The van der Waals surface area contributed by atoms with Crippen molar-refractivity contribution in [2.45, 2.75) is 26.4 Å². The minimum atomic E-state index is -1.10. The summed E-state index contributed by atoms with van der Waals surface area (Å²) >= 11 is 4.93. The van der Waals surface area contributed by atoms with E-state index in [1.807, 2.05) is 0 Å². The van der Waals surface area contributed by atoms with Crippen LogP contribution in [0.5, 0.6) is 5.75 Å². The second-order valence-corrected chi connectivity index (χ2v) is 6.05. The highest BCUT2D eigenvalue weighted by molar-refractivity contribution is 7.80. The zero-order valence-electron chi connectivity index (χ0n) is 12.4. The van der Waals surface area contributed by atoms with Crippen LogP contribution < -0.4 is 15.4 Å². The van der Waals surface area contributed by atoms with Crippen LogP contribution in [0.1, 0.15) is 20.8 Å². The lowest BCUT2D eigenvalue weighted by Crippen LogP contribution is -2.54. The molecule has 0 spiro atoms. The molecule has 1 aromatic rings. The first-order valence-electron chi connectivity index (χ1n) is 6.59. The van der Waals surface area contributed by atoms with E-state index in [1.54, 1.807) is 20.8 Å².